The van der Waals surface area contributed by atoms with Crippen molar-refractivity contribution in [1.29, 1.82) is 0 Å². The van der Waals surface area contributed by atoms with Crippen molar-refractivity contribution in [3.8, 4) is 0 Å². The first-order valence-corrected chi connectivity index (χ1v) is 12.6. The lowest BCUT2D eigenvalue weighted by molar-refractivity contribution is -0.118. The first kappa shape index (κ1) is 21.8. The molecule has 2 N–H and O–H groups in total. The van der Waals surface area contributed by atoms with E-state index in [9.17, 15) is 14.4 Å². The van der Waals surface area contributed by atoms with E-state index >= 15 is 0 Å². The molecule has 172 valence electrons. The number of carbonyl (C=O) groups excluding carboxylic acids is 3. The minimum Gasteiger partial charge on any atom is -0.339 e. The number of benzene rings is 2. The third kappa shape index (κ3) is 4.19. The number of piperidine rings is 1. The van der Waals surface area contributed by atoms with Gasteiger partial charge in [-0.25, -0.2) is 4.79 Å². The molecule has 0 radical (unpaired) electrons. The Labute approximate surface area is 197 Å². The van der Waals surface area contributed by atoms with Crippen LogP contribution in [0.25, 0.3) is 0 Å². The molecule has 8 heteroatoms. The van der Waals surface area contributed by atoms with Crippen molar-refractivity contribution in [2.75, 3.05) is 42.7 Å². The number of urea groups is 1. The molecule has 2 heterocycles. The van der Waals surface area contributed by atoms with Crippen LogP contribution in [0, 0.1) is 11.3 Å². The van der Waals surface area contributed by atoms with Gasteiger partial charge in [0.25, 0.3) is 5.91 Å². The molecule has 33 heavy (non-hydrogen) atoms. The maximum Gasteiger partial charge on any atom is 0.321 e. The second-order valence-corrected chi connectivity index (χ2v) is 9.88. The maximum absolute atomic E-state index is 13.0. The lowest BCUT2D eigenvalue weighted by atomic mass is 9.90. The highest BCUT2D eigenvalue weighted by Crippen LogP contribution is 2.59. The molecule has 0 aromatic heterocycles. The van der Waals surface area contributed by atoms with Crippen LogP contribution in [0.5, 0.6) is 0 Å². The van der Waals surface area contributed by atoms with E-state index in [2.05, 4.69) is 10.6 Å². The van der Waals surface area contributed by atoms with E-state index in [1.54, 1.807) is 16.7 Å². The van der Waals surface area contributed by atoms with Crippen molar-refractivity contribution in [3.63, 3.8) is 0 Å². The fourth-order valence-corrected chi connectivity index (χ4v) is 5.71. The predicted octanol–water partition coefficient (Wildman–Crippen LogP) is 3.82. The molecule has 2 aromatic carbocycles. The van der Waals surface area contributed by atoms with E-state index in [0.29, 0.717) is 31.9 Å². The van der Waals surface area contributed by atoms with Crippen molar-refractivity contribution in [3.05, 3.63) is 54.1 Å². The van der Waals surface area contributed by atoms with Crippen molar-refractivity contribution in [2.45, 2.75) is 24.2 Å². The van der Waals surface area contributed by atoms with Gasteiger partial charge in [0.2, 0.25) is 5.91 Å². The zero-order valence-corrected chi connectivity index (χ0v) is 19.5. The molecule has 2 aromatic rings. The molecule has 3 fully saturated rings. The number of nitrogens with zero attached hydrogens (tertiary/aromatic N) is 2. The third-order valence-electron chi connectivity index (χ3n) is 7.17. The van der Waals surface area contributed by atoms with Crippen molar-refractivity contribution in [2.24, 2.45) is 11.3 Å². The average molecular weight is 465 g/mol. The van der Waals surface area contributed by atoms with Gasteiger partial charge in [0, 0.05) is 48.4 Å². The Bertz CT molecular complexity index is 1100. The summed E-state index contributed by atoms with van der Waals surface area (Å²) < 4.78 is 0. The summed E-state index contributed by atoms with van der Waals surface area (Å²) in [5, 5.41) is 5.84. The third-order valence-corrected chi connectivity index (χ3v) is 7.97. The molecule has 7 nitrogen and oxygen atoms in total. The van der Waals surface area contributed by atoms with E-state index in [-0.39, 0.29) is 29.2 Å². The highest BCUT2D eigenvalue weighted by Gasteiger charge is 2.58. The summed E-state index contributed by atoms with van der Waals surface area (Å²) in [5.41, 5.74) is 2.26. The van der Waals surface area contributed by atoms with Gasteiger partial charge in [-0.2, -0.15) is 0 Å². The van der Waals surface area contributed by atoms with E-state index in [0.717, 1.165) is 35.4 Å². The summed E-state index contributed by atoms with van der Waals surface area (Å²) in [6.07, 6.45) is 4.56. The molecule has 1 aliphatic carbocycles. The Balaban J connectivity index is 1.18. The molecule has 5 rings (SSSR count). The highest BCUT2D eigenvalue weighted by atomic mass is 32.2. The fraction of sp³-hybridized carbons (Fsp3) is 0.400. The molecule has 0 unspecified atom stereocenters. The summed E-state index contributed by atoms with van der Waals surface area (Å²) in [6, 6.07) is 15.1. The summed E-state index contributed by atoms with van der Waals surface area (Å²) in [5.74, 6) is 0.0942. The van der Waals surface area contributed by atoms with Gasteiger partial charge in [0.1, 0.15) is 0 Å². The number of nitrogens with one attached hydrogen (secondary N) is 2. The SMILES string of the molecule is CSc1ccccc1C(=O)N1CCC2(CC1)C[C@H]2C(=O)Nc1cccc(N2CCNC2=O)c1. The molecule has 0 bridgehead atoms. The number of thioether (sulfide) groups is 1. The number of rotatable bonds is 5. The van der Waals surface area contributed by atoms with Crippen LogP contribution in [0.3, 0.4) is 0 Å². The van der Waals surface area contributed by atoms with Gasteiger partial charge in [-0.05, 0) is 61.3 Å². The second kappa shape index (κ2) is 8.74. The highest BCUT2D eigenvalue weighted by molar-refractivity contribution is 7.98. The van der Waals surface area contributed by atoms with Crippen LogP contribution >= 0.6 is 11.8 Å². The van der Waals surface area contributed by atoms with Crippen LogP contribution in [0.1, 0.15) is 29.6 Å². The molecule has 3 aliphatic rings. The van der Waals surface area contributed by atoms with Crippen molar-refractivity contribution >= 4 is 41.0 Å². The molecule has 1 saturated carbocycles. The number of carbonyl (C=O) groups is 3. The summed E-state index contributed by atoms with van der Waals surface area (Å²) in [4.78, 5) is 42.5. The number of hydrogen-bond acceptors (Lipinski definition) is 4. The summed E-state index contributed by atoms with van der Waals surface area (Å²) >= 11 is 1.59. The number of anilines is 2. The minimum atomic E-state index is -0.110. The van der Waals surface area contributed by atoms with Gasteiger partial charge >= 0.3 is 6.03 Å². The Hall–Kier alpha value is -3.00. The van der Waals surface area contributed by atoms with Gasteiger partial charge < -0.3 is 15.5 Å². The molecular weight excluding hydrogens is 436 g/mol. The van der Waals surface area contributed by atoms with Crippen LogP contribution in [0.2, 0.25) is 0 Å². The maximum atomic E-state index is 13.0. The van der Waals surface area contributed by atoms with Gasteiger partial charge in [0.15, 0.2) is 0 Å². The van der Waals surface area contributed by atoms with Gasteiger partial charge in [-0.15, -0.1) is 11.8 Å². The van der Waals surface area contributed by atoms with Gasteiger partial charge in [-0.3, -0.25) is 14.5 Å². The number of hydrogen-bond donors (Lipinski definition) is 2. The molecular formula is C25H28N4O3S. The van der Waals surface area contributed by atoms with Crippen LogP contribution in [-0.2, 0) is 4.79 Å². The molecule has 1 spiro atoms. The standard InChI is InChI=1S/C25H28N4O3S/c1-33-21-8-3-2-7-19(21)23(31)28-12-9-25(10-13-28)16-20(25)22(30)27-17-5-4-6-18(15-17)29-14-11-26-24(29)32/h2-8,15,20H,9-14,16H2,1H3,(H,26,32)(H,27,30)/t20-/m0/s1. The first-order valence-electron chi connectivity index (χ1n) is 11.4. The van der Waals surface area contributed by atoms with E-state index < -0.39 is 0 Å². The van der Waals surface area contributed by atoms with Gasteiger partial charge in [0.05, 0.1) is 5.56 Å². The Morgan fingerprint density at radius 2 is 1.88 bits per heavy atom. The number of amides is 4. The second-order valence-electron chi connectivity index (χ2n) is 9.03. The molecule has 2 aliphatic heterocycles. The molecule has 4 amide bonds. The van der Waals surface area contributed by atoms with Crippen LogP contribution < -0.4 is 15.5 Å². The van der Waals surface area contributed by atoms with E-state index in [1.807, 2.05) is 59.7 Å². The van der Waals surface area contributed by atoms with E-state index in [1.165, 1.54) is 0 Å². The van der Waals surface area contributed by atoms with Crippen LogP contribution in [0.4, 0.5) is 16.2 Å². The Morgan fingerprint density at radius 1 is 1.09 bits per heavy atom. The summed E-state index contributed by atoms with van der Waals surface area (Å²) in [6.45, 7) is 2.62. The van der Waals surface area contributed by atoms with Crippen LogP contribution in [-0.4, -0.2) is 55.2 Å². The Morgan fingerprint density at radius 3 is 2.61 bits per heavy atom. The summed E-state index contributed by atoms with van der Waals surface area (Å²) in [7, 11) is 0. The number of likely N-dealkylation sites (tertiary alicyclic amines) is 1. The van der Waals surface area contributed by atoms with Crippen molar-refractivity contribution in [1.82, 2.24) is 10.2 Å². The average Bonchev–Trinajstić information content (AvgIpc) is 3.37. The van der Waals surface area contributed by atoms with Gasteiger partial charge in [-0.1, -0.05) is 18.2 Å². The van der Waals surface area contributed by atoms with E-state index in [4.69, 9.17) is 0 Å². The molecule has 2 saturated heterocycles. The lowest BCUT2D eigenvalue weighted by Gasteiger charge is -2.33. The first-order chi connectivity index (χ1) is 16.0. The normalized spacial score (nSPS) is 21.1. The Kier molecular flexibility index (Phi) is 5.78. The topological polar surface area (TPSA) is 81.8 Å². The quantitative estimate of drug-likeness (QED) is 0.659. The zero-order chi connectivity index (χ0) is 23.0. The lowest BCUT2D eigenvalue weighted by Crippen LogP contribution is -2.40. The smallest absolute Gasteiger partial charge is 0.321 e. The van der Waals surface area contributed by atoms with Crippen molar-refractivity contribution < 1.29 is 14.4 Å². The largest absolute Gasteiger partial charge is 0.339 e. The monoisotopic (exact) mass is 464 g/mol. The predicted molar refractivity (Wildman–Crippen MR) is 130 cm³/mol. The fourth-order valence-electron chi connectivity index (χ4n) is 5.12. The minimum absolute atomic E-state index is 0.00629. The van der Waals surface area contributed by atoms with Crippen LogP contribution in [0.15, 0.2) is 53.4 Å². The molecule has 1 atom stereocenters. The zero-order valence-electron chi connectivity index (χ0n) is 18.7.